The fourth-order valence-corrected chi connectivity index (χ4v) is 0.410. The fraction of sp³-hybridized carbons (Fsp3) is 0.0909. The van der Waals surface area contributed by atoms with Crippen molar-refractivity contribution >= 4 is 0 Å². The van der Waals surface area contributed by atoms with Crippen LogP contribution in [0.3, 0.4) is 0 Å². The summed E-state index contributed by atoms with van der Waals surface area (Å²) in [7, 11) is 0. The summed E-state index contributed by atoms with van der Waals surface area (Å²) in [5.74, 6) is 0. The normalized spacial score (nSPS) is 6.65. The predicted octanol–water partition coefficient (Wildman–Crippen LogP) is 1.74. The Balaban J connectivity index is 0. The van der Waals surface area contributed by atoms with Crippen LogP contribution in [-0.4, -0.2) is 30.1 Å². The summed E-state index contributed by atoms with van der Waals surface area (Å²) >= 11 is 0. The summed E-state index contributed by atoms with van der Waals surface area (Å²) in [5.41, 5.74) is 0. The summed E-state index contributed by atoms with van der Waals surface area (Å²) in [4.78, 5) is 14.3. The van der Waals surface area contributed by atoms with E-state index in [1.165, 1.54) is 31.5 Å². The number of allylic oxidation sites excluding steroid dienone is 1. The van der Waals surface area contributed by atoms with E-state index in [4.69, 9.17) is 0 Å². The fourth-order valence-electron chi connectivity index (χ4n) is 0.410. The summed E-state index contributed by atoms with van der Waals surface area (Å²) in [6.07, 6.45) is 10.6. The van der Waals surface area contributed by atoms with Gasteiger partial charge in [0.1, 0.15) is 25.3 Å². The lowest BCUT2D eigenvalue weighted by Crippen LogP contribution is -1.75. The largest absolute Gasteiger partial charge is 0.241 e. The van der Waals surface area contributed by atoms with Gasteiger partial charge in [-0.05, 0) is 6.92 Å². The number of aromatic nitrogens is 6. The molecule has 2 heterocycles. The first-order chi connectivity index (χ1) is 8.41. The summed E-state index contributed by atoms with van der Waals surface area (Å²) < 4.78 is 0. The highest BCUT2D eigenvalue weighted by atomic mass is 15.1. The molecule has 0 bridgehead atoms. The van der Waals surface area contributed by atoms with Crippen LogP contribution in [0.1, 0.15) is 6.92 Å². The van der Waals surface area contributed by atoms with Crippen LogP contribution in [0.2, 0.25) is 0 Å². The SMILES string of the molecule is C=C.C=CC.c1cnncn1.c1ncncn1. The highest BCUT2D eigenvalue weighted by Crippen LogP contribution is 1.59. The van der Waals surface area contributed by atoms with Crippen LogP contribution in [0.4, 0.5) is 0 Å². The Kier molecular flexibility index (Phi) is 19.0. The number of rotatable bonds is 0. The third-order valence-corrected chi connectivity index (χ3v) is 0.804. The molecule has 0 aliphatic heterocycles. The van der Waals surface area contributed by atoms with E-state index in [1.54, 1.807) is 12.3 Å². The second kappa shape index (κ2) is 19.1. The van der Waals surface area contributed by atoms with Crippen molar-refractivity contribution in [2.75, 3.05) is 0 Å². The van der Waals surface area contributed by atoms with Crippen molar-refractivity contribution in [2.45, 2.75) is 6.92 Å². The third kappa shape index (κ3) is 19.8. The Hall–Kier alpha value is -2.50. The molecule has 2 aromatic rings. The molecule has 0 atom stereocenters. The van der Waals surface area contributed by atoms with E-state index >= 15 is 0 Å². The molecule has 6 nitrogen and oxygen atoms in total. The van der Waals surface area contributed by atoms with Crippen LogP contribution in [0, 0.1) is 0 Å². The summed E-state index contributed by atoms with van der Waals surface area (Å²) in [5, 5.41) is 6.90. The van der Waals surface area contributed by atoms with Gasteiger partial charge < -0.3 is 0 Å². The van der Waals surface area contributed by atoms with Crippen LogP contribution in [0.25, 0.3) is 0 Å². The van der Waals surface area contributed by atoms with Crippen LogP contribution >= 0.6 is 0 Å². The van der Waals surface area contributed by atoms with Crippen molar-refractivity contribution in [3.05, 3.63) is 63.5 Å². The van der Waals surface area contributed by atoms with Gasteiger partial charge in [0.05, 0.1) is 6.20 Å². The van der Waals surface area contributed by atoms with Crippen molar-refractivity contribution in [3.8, 4) is 0 Å². The van der Waals surface area contributed by atoms with Gasteiger partial charge in [0, 0.05) is 6.20 Å². The van der Waals surface area contributed by atoms with E-state index < -0.39 is 0 Å². The van der Waals surface area contributed by atoms with Gasteiger partial charge in [0.15, 0.2) is 0 Å². The molecule has 0 aliphatic carbocycles. The number of hydrogen-bond acceptors (Lipinski definition) is 6. The maximum absolute atomic E-state index is 3.61. The lowest BCUT2D eigenvalue weighted by Gasteiger charge is -1.69. The minimum Gasteiger partial charge on any atom is -0.241 e. The molecule has 0 saturated carbocycles. The molecule has 2 aromatic heterocycles. The van der Waals surface area contributed by atoms with Gasteiger partial charge in [-0.1, -0.05) is 6.08 Å². The lowest BCUT2D eigenvalue weighted by atomic mass is 10.8. The van der Waals surface area contributed by atoms with Gasteiger partial charge in [0.2, 0.25) is 0 Å². The Morgan fingerprint density at radius 3 is 1.35 bits per heavy atom. The molecule has 2 rings (SSSR count). The smallest absolute Gasteiger partial charge is 0.138 e. The average molecular weight is 232 g/mol. The minimum absolute atomic E-state index is 1.39. The standard InChI is InChI=1S/2C3H3N3.C3H6.C2H4/c1-4-2-6-3-5-1;1-2-5-6-3-4-1;1-3-2;1-2/h2*1-3H;3H,1H2,2H3;1-2H2. The van der Waals surface area contributed by atoms with E-state index in [2.05, 4.69) is 49.9 Å². The van der Waals surface area contributed by atoms with Crippen molar-refractivity contribution in [1.29, 1.82) is 0 Å². The molecule has 0 unspecified atom stereocenters. The van der Waals surface area contributed by atoms with Gasteiger partial charge in [-0.2, -0.15) is 5.10 Å². The zero-order valence-electron chi connectivity index (χ0n) is 9.85. The zero-order valence-corrected chi connectivity index (χ0v) is 9.85. The molecule has 0 N–H and O–H groups in total. The monoisotopic (exact) mass is 232 g/mol. The third-order valence-electron chi connectivity index (χ3n) is 0.804. The topological polar surface area (TPSA) is 77.3 Å². The molecular weight excluding hydrogens is 216 g/mol. The van der Waals surface area contributed by atoms with Crippen LogP contribution in [-0.2, 0) is 0 Å². The van der Waals surface area contributed by atoms with Crippen molar-refractivity contribution in [1.82, 2.24) is 30.1 Å². The van der Waals surface area contributed by atoms with E-state index in [0.29, 0.717) is 0 Å². The van der Waals surface area contributed by atoms with Crippen molar-refractivity contribution in [3.63, 3.8) is 0 Å². The van der Waals surface area contributed by atoms with E-state index in [-0.39, 0.29) is 0 Å². The highest BCUT2D eigenvalue weighted by molar-refractivity contribution is 4.59. The molecule has 0 aliphatic rings. The first kappa shape index (κ1) is 16.9. The van der Waals surface area contributed by atoms with Gasteiger partial charge in [0.25, 0.3) is 0 Å². The second-order valence-corrected chi connectivity index (χ2v) is 2.00. The molecule has 6 heteroatoms. The molecule has 0 radical (unpaired) electrons. The summed E-state index contributed by atoms with van der Waals surface area (Å²) in [6, 6.07) is 0. The Morgan fingerprint density at radius 2 is 1.24 bits per heavy atom. The van der Waals surface area contributed by atoms with Gasteiger partial charge in [-0.15, -0.1) is 24.8 Å². The molecule has 0 aromatic carbocycles. The Morgan fingerprint density at radius 1 is 0.765 bits per heavy atom. The maximum Gasteiger partial charge on any atom is 0.138 e. The Labute approximate surface area is 101 Å². The van der Waals surface area contributed by atoms with Crippen LogP contribution < -0.4 is 0 Å². The van der Waals surface area contributed by atoms with Gasteiger partial charge in [-0.3, -0.25) is 0 Å². The quantitative estimate of drug-likeness (QED) is 0.644. The van der Waals surface area contributed by atoms with E-state index in [9.17, 15) is 0 Å². The summed E-state index contributed by atoms with van der Waals surface area (Å²) in [6.45, 7) is 11.2. The first-order valence-electron chi connectivity index (χ1n) is 4.60. The molecule has 0 fully saturated rings. The van der Waals surface area contributed by atoms with Gasteiger partial charge in [-0.25, -0.2) is 19.9 Å². The predicted molar refractivity (Wildman–Crippen MR) is 66.8 cm³/mol. The highest BCUT2D eigenvalue weighted by Gasteiger charge is 1.60. The molecule has 0 spiro atoms. The molecule has 17 heavy (non-hydrogen) atoms. The zero-order chi connectivity index (χ0) is 13.2. The molecule has 0 saturated heterocycles. The van der Waals surface area contributed by atoms with E-state index in [0.717, 1.165) is 0 Å². The number of hydrogen-bond donors (Lipinski definition) is 0. The first-order valence-corrected chi connectivity index (χ1v) is 4.60. The van der Waals surface area contributed by atoms with E-state index in [1.807, 2.05) is 6.92 Å². The van der Waals surface area contributed by atoms with Crippen LogP contribution in [0.5, 0.6) is 0 Å². The Bertz CT molecular complexity index is 241. The minimum atomic E-state index is 1.39. The average Bonchev–Trinajstić information content (AvgIpc) is 2.46. The maximum atomic E-state index is 3.61. The molecule has 0 amide bonds. The molecular formula is C11H16N6. The van der Waals surface area contributed by atoms with Gasteiger partial charge >= 0.3 is 0 Å². The number of nitrogens with zero attached hydrogens (tertiary/aromatic N) is 6. The van der Waals surface area contributed by atoms with Crippen molar-refractivity contribution in [2.24, 2.45) is 0 Å². The van der Waals surface area contributed by atoms with Crippen LogP contribution in [0.15, 0.2) is 63.5 Å². The van der Waals surface area contributed by atoms with Crippen molar-refractivity contribution < 1.29 is 0 Å². The molecule has 90 valence electrons. The lowest BCUT2D eigenvalue weighted by molar-refractivity contribution is 0.969. The second-order valence-electron chi connectivity index (χ2n) is 2.00.